The number of pyridine rings is 1. The minimum Gasteiger partial charge on any atom is -0.370 e. The first kappa shape index (κ1) is 16.5. The molecule has 1 aliphatic rings. The highest BCUT2D eigenvalue weighted by atomic mass is 19.1. The van der Waals surface area contributed by atoms with Crippen molar-refractivity contribution in [2.45, 2.75) is 6.10 Å². The van der Waals surface area contributed by atoms with Gasteiger partial charge in [0.1, 0.15) is 17.6 Å². The first-order chi connectivity index (χ1) is 12.5. The minimum absolute atomic E-state index is 0.149. The number of H-pyrrole nitrogens is 1. The molecule has 3 aromatic rings. The van der Waals surface area contributed by atoms with Crippen LogP contribution >= 0.6 is 0 Å². The molecule has 1 aliphatic heterocycles. The van der Waals surface area contributed by atoms with Crippen molar-refractivity contribution < 1.29 is 13.9 Å². The molecule has 0 radical (unpaired) electrons. The topological polar surface area (TPSA) is 67.3 Å². The van der Waals surface area contributed by atoms with E-state index in [1.807, 2.05) is 0 Å². The Morgan fingerprint density at radius 3 is 2.77 bits per heavy atom. The fourth-order valence-corrected chi connectivity index (χ4v) is 3.28. The van der Waals surface area contributed by atoms with E-state index in [-0.39, 0.29) is 23.4 Å². The van der Waals surface area contributed by atoms with Gasteiger partial charge in [-0.2, -0.15) is 0 Å². The molecule has 1 atom stereocenters. The molecule has 1 aromatic carbocycles. The van der Waals surface area contributed by atoms with E-state index in [9.17, 15) is 14.0 Å². The molecule has 2 aromatic heterocycles. The number of aromatic amines is 1. The lowest BCUT2D eigenvalue weighted by Gasteiger charge is -2.33. The Balaban J connectivity index is 1.61. The average molecular weight is 355 g/mol. The number of aryl methyl sites for hydroxylation is 1. The van der Waals surface area contributed by atoms with E-state index in [2.05, 4.69) is 4.98 Å². The number of aromatic nitrogens is 2. The van der Waals surface area contributed by atoms with E-state index in [0.29, 0.717) is 36.2 Å². The van der Waals surface area contributed by atoms with Crippen molar-refractivity contribution in [3.8, 4) is 0 Å². The summed E-state index contributed by atoms with van der Waals surface area (Å²) < 4.78 is 20.3. The van der Waals surface area contributed by atoms with Gasteiger partial charge in [-0.25, -0.2) is 4.39 Å². The standard InChI is InChI=1S/C19H18FN3O3/c1-22-7-6-14-15(18(22)24)10-21-17(14)19(25)23-8-9-26-16(11-23)12-2-4-13(20)5-3-12/h2-7,10,16,21H,8-9,11H2,1H3. The summed E-state index contributed by atoms with van der Waals surface area (Å²) in [5.74, 6) is -0.486. The Hall–Kier alpha value is -2.93. The third-order valence-corrected chi connectivity index (χ3v) is 4.75. The summed E-state index contributed by atoms with van der Waals surface area (Å²) in [5, 5.41) is 1.10. The zero-order valence-electron chi connectivity index (χ0n) is 14.2. The first-order valence-electron chi connectivity index (χ1n) is 8.37. The zero-order chi connectivity index (χ0) is 18.3. The van der Waals surface area contributed by atoms with Crippen LogP contribution in [-0.2, 0) is 11.8 Å². The lowest BCUT2D eigenvalue weighted by Crippen LogP contribution is -2.42. The smallest absolute Gasteiger partial charge is 0.271 e. The molecule has 3 heterocycles. The van der Waals surface area contributed by atoms with Crippen LogP contribution in [0.25, 0.3) is 10.8 Å². The molecule has 1 amide bonds. The highest BCUT2D eigenvalue weighted by molar-refractivity contribution is 6.05. The van der Waals surface area contributed by atoms with Crippen LogP contribution in [0.15, 0.2) is 47.5 Å². The van der Waals surface area contributed by atoms with Crippen molar-refractivity contribution in [3.05, 3.63) is 70.2 Å². The molecule has 4 rings (SSSR count). The summed E-state index contributed by atoms with van der Waals surface area (Å²) in [7, 11) is 1.67. The maximum Gasteiger partial charge on any atom is 0.271 e. The number of rotatable bonds is 2. The summed E-state index contributed by atoms with van der Waals surface area (Å²) in [6.07, 6.45) is 2.92. The van der Waals surface area contributed by atoms with Crippen molar-refractivity contribution in [1.29, 1.82) is 0 Å². The molecule has 26 heavy (non-hydrogen) atoms. The molecule has 1 fully saturated rings. The van der Waals surface area contributed by atoms with Crippen molar-refractivity contribution in [2.24, 2.45) is 7.05 Å². The molecule has 134 valence electrons. The number of nitrogens with zero attached hydrogens (tertiary/aromatic N) is 2. The minimum atomic E-state index is -0.308. The van der Waals surface area contributed by atoms with Crippen molar-refractivity contribution >= 4 is 16.7 Å². The van der Waals surface area contributed by atoms with E-state index in [1.165, 1.54) is 16.7 Å². The maximum absolute atomic E-state index is 13.1. The van der Waals surface area contributed by atoms with Gasteiger partial charge in [-0.05, 0) is 23.8 Å². The fourth-order valence-electron chi connectivity index (χ4n) is 3.28. The highest BCUT2D eigenvalue weighted by Crippen LogP contribution is 2.25. The van der Waals surface area contributed by atoms with E-state index < -0.39 is 0 Å². The number of carbonyl (C=O) groups excluding carboxylic acids is 1. The van der Waals surface area contributed by atoms with Gasteiger partial charge in [-0.3, -0.25) is 9.59 Å². The van der Waals surface area contributed by atoms with Crippen LogP contribution < -0.4 is 5.56 Å². The predicted molar refractivity (Wildman–Crippen MR) is 94.5 cm³/mol. The number of morpholine rings is 1. The van der Waals surface area contributed by atoms with Crippen molar-refractivity contribution in [1.82, 2.24) is 14.5 Å². The zero-order valence-corrected chi connectivity index (χ0v) is 14.2. The van der Waals surface area contributed by atoms with Gasteiger partial charge >= 0.3 is 0 Å². The summed E-state index contributed by atoms with van der Waals surface area (Å²) in [6.45, 7) is 1.23. The molecule has 0 bridgehead atoms. The number of hydrogen-bond acceptors (Lipinski definition) is 3. The summed E-state index contributed by atoms with van der Waals surface area (Å²) >= 11 is 0. The molecule has 1 unspecified atom stereocenters. The van der Waals surface area contributed by atoms with Crippen LogP contribution in [0, 0.1) is 5.82 Å². The SMILES string of the molecule is Cn1ccc2c(C(=O)N3CCOC(c4ccc(F)cc4)C3)[nH]cc2c1=O. The Morgan fingerprint density at radius 1 is 1.23 bits per heavy atom. The number of amides is 1. The number of fused-ring (bicyclic) bond motifs is 1. The normalized spacial score (nSPS) is 17.6. The van der Waals surface area contributed by atoms with Gasteiger partial charge in [0.05, 0.1) is 18.5 Å². The summed E-state index contributed by atoms with van der Waals surface area (Å²) in [4.78, 5) is 29.8. The summed E-state index contributed by atoms with van der Waals surface area (Å²) in [5.41, 5.74) is 1.08. The van der Waals surface area contributed by atoms with Crippen LogP contribution in [0.3, 0.4) is 0 Å². The van der Waals surface area contributed by atoms with Crippen LogP contribution in [0.1, 0.15) is 22.2 Å². The van der Waals surface area contributed by atoms with Crippen LogP contribution in [0.2, 0.25) is 0 Å². The first-order valence-corrected chi connectivity index (χ1v) is 8.37. The van der Waals surface area contributed by atoms with Crippen molar-refractivity contribution in [3.63, 3.8) is 0 Å². The molecule has 0 saturated carbocycles. The number of carbonyl (C=O) groups is 1. The molecular formula is C19H18FN3O3. The monoisotopic (exact) mass is 355 g/mol. The van der Waals surface area contributed by atoms with Gasteiger partial charge in [-0.15, -0.1) is 0 Å². The quantitative estimate of drug-likeness (QED) is 0.766. The van der Waals surface area contributed by atoms with Gasteiger partial charge in [0.25, 0.3) is 11.5 Å². The highest BCUT2D eigenvalue weighted by Gasteiger charge is 2.28. The van der Waals surface area contributed by atoms with Gasteiger partial charge < -0.3 is 19.2 Å². The van der Waals surface area contributed by atoms with Gasteiger partial charge in [-0.1, -0.05) is 12.1 Å². The van der Waals surface area contributed by atoms with E-state index >= 15 is 0 Å². The largest absolute Gasteiger partial charge is 0.370 e. The second-order valence-corrected chi connectivity index (χ2v) is 6.38. The molecule has 7 heteroatoms. The Bertz CT molecular complexity index is 1020. The van der Waals surface area contributed by atoms with E-state index in [1.54, 1.807) is 42.5 Å². The Labute approximate surface area is 148 Å². The Morgan fingerprint density at radius 2 is 2.00 bits per heavy atom. The van der Waals surface area contributed by atoms with Gasteiger partial charge in [0, 0.05) is 31.4 Å². The molecule has 0 aliphatic carbocycles. The third kappa shape index (κ3) is 2.80. The fraction of sp³-hybridized carbons (Fsp3) is 0.263. The third-order valence-electron chi connectivity index (χ3n) is 4.75. The molecule has 1 N–H and O–H groups in total. The van der Waals surface area contributed by atoms with E-state index in [0.717, 1.165) is 5.56 Å². The number of hydrogen-bond donors (Lipinski definition) is 1. The molecule has 6 nitrogen and oxygen atoms in total. The van der Waals surface area contributed by atoms with Gasteiger partial charge in [0.2, 0.25) is 0 Å². The Kier molecular flexibility index (Phi) is 4.08. The van der Waals surface area contributed by atoms with Crippen LogP contribution in [-0.4, -0.2) is 40.1 Å². The average Bonchev–Trinajstić information content (AvgIpc) is 3.09. The lowest BCUT2D eigenvalue weighted by atomic mass is 10.1. The van der Waals surface area contributed by atoms with Gasteiger partial charge in [0.15, 0.2) is 0 Å². The molecule has 0 spiro atoms. The maximum atomic E-state index is 13.1. The van der Waals surface area contributed by atoms with Crippen molar-refractivity contribution in [2.75, 3.05) is 19.7 Å². The second kappa shape index (κ2) is 6.42. The summed E-state index contributed by atoms with van der Waals surface area (Å²) in [6, 6.07) is 7.86. The molecule has 1 saturated heterocycles. The number of benzene rings is 1. The number of nitrogens with one attached hydrogen (secondary N) is 1. The van der Waals surface area contributed by atoms with Crippen LogP contribution in [0.4, 0.5) is 4.39 Å². The van der Waals surface area contributed by atoms with Crippen LogP contribution in [0.5, 0.6) is 0 Å². The number of ether oxygens (including phenoxy) is 1. The lowest BCUT2D eigenvalue weighted by molar-refractivity contribution is -0.0229. The second-order valence-electron chi connectivity index (χ2n) is 6.38. The molecular weight excluding hydrogens is 337 g/mol. The predicted octanol–water partition coefficient (Wildman–Crippen LogP) is 2.22. The number of halogens is 1. The van der Waals surface area contributed by atoms with E-state index in [4.69, 9.17) is 4.74 Å².